The van der Waals surface area contributed by atoms with Crippen molar-refractivity contribution in [2.24, 2.45) is 5.92 Å². The minimum absolute atomic E-state index is 0.0975. The number of aryl methyl sites for hydroxylation is 1. The van der Waals surface area contributed by atoms with Gasteiger partial charge in [-0.05, 0) is 51.0 Å². The molecule has 0 radical (unpaired) electrons. The Kier molecular flexibility index (Phi) is 12.3. The Morgan fingerprint density at radius 3 is 2.33 bits per heavy atom. The predicted molar refractivity (Wildman–Crippen MR) is 168 cm³/mol. The number of morpholine rings is 1. The second-order valence-corrected chi connectivity index (χ2v) is 13.2. The predicted octanol–water partition coefficient (Wildman–Crippen LogP) is -0.208. The van der Waals surface area contributed by atoms with Crippen LogP contribution in [-0.4, -0.2) is 126 Å². The molecule has 6 atom stereocenters. The summed E-state index contributed by atoms with van der Waals surface area (Å²) in [4.78, 5) is 69.9. The van der Waals surface area contributed by atoms with Crippen molar-refractivity contribution in [1.29, 1.82) is 0 Å². The van der Waals surface area contributed by atoms with Crippen molar-refractivity contribution in [1.82, 2.24) is 25.8 Å². The Morgan fingerprint density at radius 1 is 1.04 bits per heavy atom. The quantitative estimate of drug-likeness (QED) is 0.178. The highest BCUT2D eigenvalue weighted by atomic mass is 16.6. The van der Waals surface area contributed by atoms with Gasteiger partial charge in [-0.2, -0.15) is 0 Å². The second-order valence-electron chi connectivity index (χ2n) is 13.2. The van der Waals surface area contributed by atoms with Gasteiger partial charge in [0, 0.05) is 19.1 Å². The van der Waals surface area contributed by atoms with E-state index in [0.29, 0.717) is 45.6 Å². The molecule has 0 aliphatic carbocycles. The average Bonchev–Trinajstić information content (AvgIpc) is 3.72. The number of rotatable bonds is 16. The molecule has 13 nitrogen and oxygen atoms in total. The lowest BCUT2D eigenvalue weighted by molar-refractivity contribution is -0.143. The topological polar surface area (TPSA) is 170 Å². The number of hydrogen-bond acceptors (Lipinski definition) is 9. The second kappa shape index (κ2) is 15.9. The number of Topliss-reactive ketones (excluding diaryl/α,β-unsaturated/α-hetero) is 1. The van der Waals surface area contributed by atoms with E-state index in [4.69, 9.17) is 9.47 Å². The zero-order valence-corrected chi connectivity index (χ0v) is 27.3. The normalized spacial score (nSPS) is 25.1. The zero-order chi connectivity index (χ0) is 33.4. The number of likely N-dealkylation sites (tertiary alicyclic amines) is 1. The molecule has 1 aromatic carbocycles. The van der Waals surface area contributed by atoms with Gasteiger partial charge in [-0.3, -0.25) is 28.9 Å². The van der Waals surface area contributed by atoms with Crippen molar-refractivity contribution in [2.45, 2.75) is 89.2 Å². The van der Waals surface area contributed by atoms with E-state index >= 15 is 0 Å². The van der Waals surface area contributed by atoms with Gasteiger partial charge in [0.15, 0.2) is 5.78 Å². The fourth-order valence-electron chi connectivity index (χ4n) is 6.12. The monoisotopic (exact) mass is 643 g/mol. The fraction of sp³-hybridized carbons (Fsp3) is 0.667. The Bertz CT molecular complexity index is 1230. The van der Waals surface area contributed by atoms with Crippen molar-refractivity contribution in [3.05, 3.63) is 35.9 Å². The van der Waals surface area contributed by atoms with Crippen LogP contribution in [0.25, 0.3) is 0 Å². The van der Waals surface area contributed by atoms with E-state index < -0.39 is 60.1 Å². The summed E-state index contributed by atoms with van der Waals surface area (Å²) in [5, 5.41) is 18.7. The van der Waals surface area contributed by atoms with Crippen LogP contribution >= 0.6 is 0 Å². The van der Waals surface area contributed by atoms with Gasteiger partial charge in [0.25, 0.3) is 0 Å². The molecule has 46 heavy (non-hydrogen) atoms. The van der Waals surface area contributed by atoms with Crippen molar-refractivity contribution < 1.29 is 38.6 Å². The highest BCUT2D eigenvalue weighted by Gasteiger charge is 2.51. The van der Waals surface area contributed by atoms with Crippen LogP contribution < -0.4 is 16.0 Å². The van der Waals surface area contributed by atoms with Gasteiger partial charge in [-0.25, -0.2) is 0 Å². The molecule has 4 N–H and O–H groups in total. The minimum Gasteiger partial charge on any atom is -0.394 e. The summed E-state index contributed by atoms with van der Waals surface area (Å²) < 4.78 is 10.7. The van der Waals surface area contributed by atoms with Crippen LogP contribution in [0, 0.1) is 5.92 Å². The maximum absolute atomic E-state index is 13.6. The first-order valence-corrected chi connectivity index (χ1v) is 16.3. The van der Waals surface area contributed by atoms with Gasteiger partial charge in [0.2, 0.25) is 23.6 Å². The van der Waals surface area contributed by atoms with Gasteiger partial charge < -0.3 is 35.4 Å². The summed E-state index contributed by atoms with van der Waals surface area (Å²) in [7, 11) is 0. The first-order chi connectivity index (χ1) is 21.9. The molecule has 0 bridgehead atoms. The molecular weight excluding hydrogens is 594 g/mol. The van der Waals surface area contributed by atoms with Gasteiger partial charge in [0.1, 0.15) is 23.7 Å². The standard InChI is InChI=1S/C33H49N5O8/c1-21(2)16-25(29(41)33(4)20-46-33)35-31(43)27(19-39)38-22(3)17-26(32(38)44)36-30(42)24(11-10-23-8-6-5-7-9-23)34-28(40)18-37-12-14-45-15-13-37/h5-9,21-22,24-27,39H,10-20H2,1-4H3,(H,34,40)(H,35,43)(H,36,42)/t22?,24-,25-,26-,27-,33+/m0/s1. The molecule has 3 heterocycles. The number of nitrogens with zero attached hydrogens (tertiary/aromatic N) is 2. The lowest BCUT2D eigenvalue weighted by atomic mass is 9.93. The summed E-state index contributed by atoms with van der Waals surface area (Å²) in [5.74, 6) is -2.09. The molecule has 1 aromatic rings. The van der Waals surface area contributed by atoms with Crippen molar-refractivity contribution >= 4 is 29.4 Å². The number of ether oxygens (including phenoxy) is 2. The van der Waals surface area contributed by atoms with E-state index in [1.54, 1.807) is 13.8 Å². The van der Waals surface area contributed by atoms with Crippen LogP contribution in [0.3, 0.4) is 0 Å². The van der Waals surface area contributed by atoms with E-state index in [1.165, 1.54) is 4.90 Å². The van der Waals surface area contributed by atoms with E-state index in [-0.39, 0.29) is 37.2 Å². The number of carbonyl (C=O) groups is 5. The molecule has 0 spiro atoms. The van der Waals surface area contributed by atoms with E-state index in [1.807, 2.05) is 49.1 Å². The molecule has 0 saturated carbocycles. The maximum Gasteiger partial charge on any atom is 0.246 e. The highest BCUT2D eigenvalue weighted by Crippen LogP contribution is 2.30. The molecule has 4 rings (SSSR count). The lowest BCUT2D eigenvalue weighted by Gasteiger charge is -2.31. The van der Waals surface area contributed by atoms with Crippen molar-refractivity contribution in [3.8, 4) is 0 Å². The summed E-state index contributed by atoms with van der Waals surface area (Å²) in [6.07, 6.45) is 1.44. The molecule has 1 unspecified atom stereocenters. The summed E-state index contributed by atoms with van der Waals surface area (Å²) in [6.45, 7) is 9.37. The molecule has 13 heteroatoms. The third-order valence-corrected chi connectivity index (χ3v) is 8.86. The maximum atomic E-state index is 13.6. The number of hydrogen-bond donors (Lipinski definition) is 4. The molecule has 3 aliphatic rings. The number of epoxide rings is 1. The third-order valence-electron chi connectivity index (χ3n) is 8.86. The first kappa shape index (κ1) is 35.5. The zero-order valence-electron chi connectivity index (χ0n) is 27.3. The minimum atomic E-state index is -1.25. The van der Waals surface area contributed by atoms with Crippen LogP contribution in [0.1, 0.15) is 52.5 Å². The third kappa shape index (κ3) is 9.34. The van der Waals surface area contributed by atoms with Gasteiger partial charge in [-0.1, -0.05) is 44.2 Å². The number of amides is 4. The Balaban J connectivity index is 1.41. The number of carbonyl (C=O) groups excluding carboxylic acids is 5. The van der Waals surface area contributed by atoms with Crippen LogP contribution in [0.15, 0.2) is 30.3 Å². The molecule has 254 valence electrons. The number of ketones is 1. The summed E-state index contributed by atoms with van der Waals surface area (Å²) in [5.41, 5.74) is 0.0651. The molecule has 3 aliphatic heterocycles. The van der Waals surface area contributed by atoms with Crippen LogP contribution in [0.2, 0.25) is 0 Å². The Morgan fingerprint density at radius 2 is 1.72 bits per heavy atom. The molecular formula is C33H49N5O8. The average molecular weight is 644 g/mol. The SMILES string of the molecule is CC(C)C[C@H](NC(=O)[C@H](CO)N1C(=O)[C@@H](NC(=O)[C@H](CCc2ccccc2)NC(=O)CN2CCOCC2)CC1C)C(=O)[C@@]1(C)CO1. The molecule has 0 aromatic heterocycles. The van der Waals surface area contributed by atoms with Gasteiger partial charge >= 0.3 is 0 Å². The van der Waals surface area contributed by atoms with Crippen LogP contribution in [0.4, 0.5) is 0 Å². The van der Waals surface area contributed by atoms with Crippen molar-refractivity contribution in [3.63, 3.8) is 0 Å². The Labute approximate surface area is 270 Å². The number of aliphatic hydroxyl groups is 1. The molecule has 3 saturated heterocycles. The number of benzene rings is 1. The van der Waals surface area contributed by atoms with E-state index in [0.717, 1.165) is 5.56 Å². The van der Waals surface area contributed by atoms with Crippen LogP contribution in [-0.2, 0) is 39.9 Å². The Hall–Kier alpha value is -3.39. The largest absolute Gasteiger partial charge is 0.394 e. The fourth-order valence-corrected chi connectivity index (χ4v) is 6.12. The molecule has 3 fully saturated rings. The number of aliphatic hydroxyl groups excluding tert-OH is 1. The lowest BCUT2D eigenvalue weighted by Crippen LogP contribution is -2.58. The van der Waals surface area contributed by atoms with Gasteiger partial charge in [-0.15, -0.1) is 0 Å². The smallest absolute Gasteiger partial charge is 0.246 e. The molecule has 4 amide bonds. The number of nitrogens with one attached hydrogen (secondary N) is 3. The van der Waals surface area contributed by atoms with E-state index in [2.05, 4.69) is 16.0 Å². The van der Waals surface area contributed by atoms with Crippen LogP contribution in [0.5, 0.6) is 0 Å². The van der Waals surface area contributed by atoms with E-state index in [9.17, 15) is 29.1 Å². The summed E-state index contributed by atoms with van der Waals surface area (Å²) in [6, 6.07) is 5.20. The summed E-state index contributed by atoms with van der Waals surface area (Å²) >= 11 is 0. The van der Waals surface area contributed by atoms with Gasteiger partial charge in [0.05, 0.1) is 39.0 Å². The highest BCUT2D eigenvalue weighted by molar-refractivity contribution is 5.99. The van der Waals surface area contributed by atoms with Crippen molar-refractivity contribution in [2.75, 3.05) is 46.1 Å². The first-order valence-electron chi connectivity index (χ1n) is 16.3.